The van der Waals surface area contributed by atoms with Gasteiger partial charge in [0.25, 0.3) is 0 Å². The van der Waals surface area contributed by atoms with Gasteiger partial charge < -0.3 is 14.9 Å². The van der Waals surface area contributed by atoms with Crippen LogP contribution in [-0.2, 0) is 6.54 Å². The summed E-state index contributed by atoms with van der Waals surface area (Å²) in [6.07, 6.45) is 8.07. The number of aromatic nitrogens is 4. The number of H-pyrrole nitrogens is 1. The Kier molecular flexibility index (Phi) is 10.5. The van der Waals surface area contributed by atoms with Crippen molar-refractivity contribution in [2.75, 3.05) is 19.7 Å². The average Bonchev–Trinajstić information content (AvgIpc) is 3.51. The van der Waals surface area contributed by atoms with E-state index in [1.165, 1.54) is 32.1 Å². The lowest BCUT2D eigenvalue weighted by Gasteiger charge is -2.40. The van der Waals surface area contributed by atoms with Crippen molar-refractivity contribution >= 4 is 6.03 Å². The summed E-state index contributed by atoms with van der Waals surface area (Å²) in [4.78, 5) is 18.1. The zero-order chi connectivity index (χ0) is 27.6. The van der Waals surface area contributed by atoms with Crippen LogP contribution in [0.25, 0.3) is 22.5 Å². The molecule has 1 aromatic heterocycles. The second-order valence-electron chi connectivity index (χ2n) is 11.2. The average molecular weight is 533 g/mol. The highest BCUT2D eigenvalue weighted by Crippen LogP contribution is 2.30. The van der Waals surface area contributed by atoms with Crippen LogP contribution in [0.4, 0.5) is 4.79 Å². The van der Waals surface area contributed by atoms with Crippen LogP contribution in [0.5, 0.6) is 0 Å². The summed E-state index contributed by atoms with van der Waals surface area (Å²) >= 11 is 0. The highest BCUT2D eigenvalue weighted by molar-refractivity contribution is 5.80. The summed E-state index contributed by atoms with van der Waals surface area (Å²) in [7, 11) is 0. The summed E-state index contributed by atoms with van der Waals surface area (Å²) in [6.45, 7) is 8.33. The minimum Gasteiger partial charge on any atom is -0.394 e. The SMILES string of the molecule is CCCCN(Cc1ccc(-c2ccccc2-c2nn[nH]n2)cc1)C(=O)N(CC1CCCCC1)C(CO)C(C)C. The number of hydrogen-bond donors (Lipinski definition) is 2. The van der Waals surface area contributed by atoms with Gasteiger partial charge >= 0.3 is 6.03 Å². The Bertz CT molecular complexity index is 1140. The quantitative estimate of drug-likeness (QED) is 0.291. The van der Waals surface area contributed by atoms with Gasteiger partial charge in [0.1, 0.15) is 0 Å². The summed E-state index contributed by atoms with van der Waals surface area (Å²) in [6, 6.07) is 16.3. The van der Waals surface area contributed by atoms with Gasteiger partial charge in [0.2, 0.25) is 5.82 Å². The third kappa shape index (κ3) is 7.44. The Labute approximate surface area is 232 Å². The van der Waals surface area contributed by atoms with E-state index < -0.39 is 0 Å². The molecule has 3 aromatic rings. The highest BCUT2D eigenvalue weighted by atomic mass is 16.3. The van der Waals surface area contributed by atoms with Crippen LogP contribution in [0.1, 0.15) is 71.3 Å². The van der Waals surface area contributed by atoms with Crippen molar-refractivity contribution < 1.29 is 9.90 Å². The summed E-state index contributed by atoms with van der Waals surface area (Å²) < 4.78 is 0. The van der Waals surface area contributed by atoms with Gasteiger partial charge in [-0.2, -0.15) is 5.21 Å². The van der Waals surface area contributed by atoms with E-state index in [0.717, 1.165) is 41.6 Å². The molecule has 2 N–H and O–H groups in total. The number of carbonyl (C=O) groups excluding carboxylic acids is 1. The lowest BCUT2D eigenvalue weighted by Crippen LogP contribution is -2.53. The van der Waals surface area contributed by atoms with Crippen LogP contribution >= 0.6 is 0 Å². The van der Waals surface area contributed by atoms with Crippen molar-refractivity contribution in [2.24, 2.45) is 11.8 Å². The van der Waals surface area contributed by atoms with E-state index in [0.29, 0.717) is 24.8 Å². The number of aliphatic hydroxyl groups is 1. The number of rotatable bonds is 12. The fourth-order valence-corrected chi connectivity index (χ4v) is 5.66. The number of aliphatic hydroxyl groups excluding tert-OH is 1. The molecule has 0 saturated heterocycles. The van der Waals surface area contributed by atoms with Gasteiger partial charge in [-0.25, -0.2) is 4.79 Å². The lowest BCUT2D eigenvalue weighted by molar-refractivity contribution is 0.0695. The second kappa shape index (κ2) is 14.2. The van der Waals surface area contributed by atoms with Crippen LogP contribution in [0.15, 0.2) is 48.5 Å². The maximum absolute atomic E-state index is 14.1. The Balaban J connectivity index is 1.55. The molecule has 8 nitrogen and oxygen atoms in total. The van der Waals surface area contributed by atoms with Crippen molar-refractivity contribution in [3.63, 3.8) is 0 Å². The monoisotopic (exact) mass is 532 g/mol. The second-order valence-corrected chi connectivity index (χ2v) is 11.2. The predicted molar refractivity (Wildman–Crippen MR) is 155 cm³/mol. The first kappa shape index (κ1) is 28.7. The Hall–Kier alpha value is -3.26. The normalized spacial score (nSPS) is 14.9. The molecule has 0 bridgehead atoms. The molecule has 1 saturated carbocycles. The standard InChI is InChI=1S/C31H44N6O2/c1-4-5-19-36(31(39)37(29(22-38)23(2)3)21-24-11-7-6-8-12-24)20-25-15-17-26(18-16-25)27-13-9-10-14-28(27)30-32-34-35-33-30/h9-10,13-18,23-24,29,38H,4-8,11-12,19-22H2,1-3H3,(H,32,33,34,35). The fourth-order valence-electron chi connectivity index (χ4n) is 5.66. The first-order valence-electron chi connectivity index (χ1n) is 14.6. The molecule has 0 radical (unpaired) electrons. The smallest absolute Gasteiger partial charge is 0.320 e. The van der Waals surface area contributed by atoms with Gasteiger partial charge in [0.15, 0.2) is 0 Å². The molecule has 1 fully saturated rings. The number of hydrogen-bond acceptors (Lipinski definition) is 5. The molecule has 1 heterocycles. The molecule has 8 heteroatoms. The molecule has 1 aliphatic carbocycles. The zero-order valence-electron chi connectivity index (χ0n) is 23.7. The number of urea groups is 1. The molecular formula is C31H44N6O2. The van der Waals surface area contributed by atoms with Crippen molar-refractivity contribution in [2.45, 2.75) is 78.3 Å². The van der Waals surface area contributed by atoms with Crippen LogP contribution in [-0.4, -0.2) is 67.3 Å². The van der Waals surface area contributed by atoms with E-state index >= 15 is 0 Å². The highest BCUT2D eigenvalue weighted by Gasteiger charge is 2.31. The van der Waals surface area contributed by atoms with E-state index in [4.69, 9.17) is 0 Å². The molecular weight excluding hydrogens is 488 g/mol. The topological polar surface area (TPSA) is 98.2 Å². The van der Waals surface area contributed by atoms with Crippen LogP contribution in [0, 0.1) is 11.8 Å². The predicted octanol–water partition coefficient (Wildman–Crippen LogP) is 6.16. The van der Waals surface area contributed by atoms with E-state index in [2.05, 4.69) is 71.7 Å². The molecule has 1 aliphatic rings. The minimum absolute atomic E-state index is 0.00771. The number of tetrazole rings is 1. The van der Waals surface area contributed by atoms with Crippen molar-refractivity contribution in [1.82, 2.24) is 30.4 Å². The maximum Gasteiger partial charge on any atom is 0.320 e. The molecule has 4 rings (SSSR count). The number of nitrogens with one attached hydrogen (secondary N) is 1. The van der Waals surface area contributed by atoms with E-state index in [1.54, 1.807) is 0 Å². The number of unbranched alkanes of at least 4 members (excludes halogenated alkanes) is 1. The Morgan fingerprint density at radius 1 is 1.05 bits per heavy atom. The number of benzene rings is 2. The molecule has 39 heavy (non-hydrogen) atoms. The third-order valence-corrected chi connectivity index (χ3v) is 7.99. The van der Waals surface area contributed by atoms with Crippen LogP contribution < -0.4 is 0 Å². The molecule has 1 atom stereocenters. The number of amides is 2. The van der Waals surface area contributed by atoms with Gasteiger partial charge in [-0.15, -0.1) is 10.2 Å². The van der Waals surface area contributed by atoms with Gasteiger partial charge in [0, 0.05) is 25.2 Å². The largest absolute Gasteiger partial charge is 0.394 e. The molecule has 2 aromatic carbocycles. The Morgan fingerprint density at radius 2 is 1.77 bits per heavy atom. The molecule has 0 aliphatic heterocycles. The van der Waals surface area contributed by atoms with E-state index in [-0.39, 0.29) is 24.6 Å². The summed E-state index contributed by atoms with van der Waals surface area (Å²) in [5.74, 6) is 1.27. The number of nitrogens with zero attached hydrogens (tertiary/aromatic N) is 5. The molecule has 210 valence electrons. The fraction of sp³-hybridized carbons (Fsp3) is 0.548. The van der Waals surface area contributed by atoms with Crippen molar-refractivity contribution in [1.29, 1.82) is 0 Å². The van der Waals surface area contributed by atoms with E-state index in [1.807, 2.05) is 28.0 Å². The van der Waals surface area contributed by atoms with Crippen molar-refractivity contribution in [3.8, 4) is 22.5 Å². The van der Waals surface area contributed by atoms with Crippen molar-refractivity contribution in [3.05, 3.63) is 54.1 Å². The zero-order valence-corrected chi connectivity index (χ0v) is 23.7. The van der Waals surface area contributed by atoms with Gasteiger partial charge in [-0.05, 0) is 53.0 Å². The minimum atomic E-state index is -0.174. The third-order valence-electron chi connectivity index (χ3n) is 7.99. The maximum atomic E-state index is 14.1. The van der Waals surface area contributed by atoms with Gasteiger partial charge in [-0.1, -0.05) is 95.0 Å². The summed E-state index contributed by atoms with van der Waals surface area (Å²) in [5.41, 5.74) is 4.10. The molecule has 0 spiro atoms. The number of aromatic amines is 1. The van der Waals surface area contributed by atoms with E-state index in [9.17, 15) is 9.90 Å². The Morgan fingerprint density at radius 3 is 2.38 bits per heavy atom. The van der Waals surface area contributed by atoms with Crippen LogP contribution in [0.2, 0.25) is 0 Å². The summed E-state index contributed by atoms with van der Waals surface area (Å²) in [5, 5.41) is 24.8. The van der Waals surface area contributed by atoms with Gasteiger partial charge in [0.05, 0.1) is 12.6 Å². The first-order valence-corrected chi connectivity index (χ1v) is 14.6. The lowest BCUT2D eigenvalue weighted by atomic mass is 9.88. The molecule has 1 unspecified atom stereocenters. The number of carbonyl (C=O) groups is 1. The van der Waals surface area contributed by atoms with Crippen LogP contribution in [0.3, 0.4) is 0 Å². The van der Waals surface area contributed by atoms with Gasteiger partial charge in [-0.3, -0.25) is 0 Å². The first-order chi connectivity index (χ1) is 19.0. The molecule has 2 amide bonds.